The van der Waals surface area contributed by atoms with E-state index in [1.807, 2.05) is 37.3 Å². The van der Waals surface area contributed by atoms with Crippen LogP contribution in [0.5, 0.6) is 0 Å². The number of benzene rings is 2. The summed E-state index contributed by atoms with van der Waals surface area (Å²) in [6.45, 7) is 1.95. The molecule has 0 aliphatic carbocycles. The van der Waals surface area contributed by atoms with Crippen LogP contribution in [-0.4, -0.2) is 44.0 Å². The normalized spacial score (nSPS) is 14.0. The highest BCUT2D eigenvalue weighted by Crippen LogP contribution is 2.23. The van der Waals surface area contributed by atoms with Crippen molar-refractivity contribution >= 4 is 21.8 Å². The second kappa shape index (κ2) is 7.39. The number of aryl methyl sites for hydroxylation is 1. The van der Waals surface area contributed by atoms with Crippen LogP contribution in [0, 0.1) is 6.92 Å². The van der Waals surface area contributed by atoms with Crippen molar-refractivity contribution in [3.63, 3.8) is 0 Å². The fourth-order valence-corrected chi connectivity index (χ4v) is 3.87. The van der Waals surface area contributed by atoms with Gasteiger partial charge in [0.25, 0.3) is 11.8 Å². The Morgan fingerprint density at radius 2 is 1.65 bits per heavy atom. The first-order chi connectivity index (χ1) is 12.4. The van der Waals surface area contributed by atoms with Gasteiger partial charge in [-0.2, -0.15) is 0 Å². The maximum atomic E-state index is 12.4. The zero-order valence-corrected chi connectivity index (χ0v) is 15.3. The topological polar surface area (TPSA) is 83.6 Å². The quantitative estimate of drug-likeness (QED) is 0.751. The van der Waals surface area contributed by atoms with E-state index in [0.29, 0.717) is 17.5 Å². The van der Waals surface area contributed by atoms with Crippen molar-refractivity contribution in [3.8, 4) is 0 Å². The van der Waals surface area contributed by atoms with E-state index in [2.05, 4.69) is 4.72 Å². The summed E-state index contributed by atoms with van der Waals surface area (Å²) in [5, 5.41) is 0. The van der Waals surface area contributed by atoms with Crippen molar-refractivity contribution in [1.82, 2.24) is 9.62 Å². The van der Waals surface area contributed by atoms with Gasteiger partial charge in [0.15, 0.2) is 0 Å². The van der Waals surface area contributed by atoms with Crippen LogP contribution in [0.15, 0.2) is 48.5 Å². The van der Waals surface area contributed by atoms with Gasteiger partial charge in [0.1, 0.15) is 0 Å². The van der Waals surface area contributed by atoms with Crippen LogP contribution in [0.4, 0.5) is 0 Å². The molecule has 0 radical (unpaired) electrons. The Bertz CT molecular complexity index is 939. The van der Waals surface area contributed by atoms with E-state index in [4.69, 9.17) is 0 Å². The van der Waals surface area contributed by atoms with Gasteiger partial charge in [-0.25, -0.2) is 13.1 Å². The molecule has 2 amide bonds. The van der Waals surface area contributed by atoms with E-state index < -0.39 is 21.8 Å². The van der Waals surface area contributed by atoms with Crippen molar-refractivity contribution in [2.45, 2.75) is 13.3 Å². The SMILES string of the molecule is Cc1ccc2c(c1)C(=O)N(CCS(=O)(=O)NCCc1ccccc1)C2=O. The number of rotatable bonds is 7. The minimum Gasteiger partial charge on any atom is -0.273 e. The molecule has 136 valence electrons. The Morgan fingerprint density at radius 3 is 2.38 bits per heavy atom. The maximum absolute atomic E-state index is 12.4. The van der Waals surface area contributed by atoms with E-state index in [-0.39, 0.29) is 18.8 Å². The summed E-state index contributed by atoms with van der Waals surface area (Å²) in [6.07, 6.45) is 0.576. The van der Waals surface area contributed by atoms with E-state index >= 15 is 0 Å². The van der Waals surface area contributed by atoms with Crippen LogP contribution in [-0.2, 0) is 16.4 Å². The molecule has 1 aliphatic heterocycles. The average Bonchev–Trinajstić information content (AvgIpc) is 2.84. The highest BCUT2D eigenvalue weighted by atomic mass is 32.2. The number of amides is 2. The van der Waals surface area contributed by atoms with E-state index in [1.54, 1.807) is 18.2 Å². The smallest absolute Gasteiger partial charge is 0.261 e. The second-order valence-corrected chi connectivity index (χ2v) is 8.19. The zero-order valence-electron chi connectivity index (χ0n) is 14.4. The van der Waals surface area contributed by atoms with Crippen molar-refractivity contribution in [2.75, 3.05) is 18.8 Å². The van der Waals surface area contributed by atoms with E-state index in [0.717, 1.165) is 16.0 Å². The Kier molecular flexibility index (Phi) is 5.20. The summed E-state index contributed by atoms with van der Waals surface area (Å²) in [6, 6.07) is 14.6. The molecule has 6 nitrogen and oxygen atoms in total. The molecule has 1 N–H and O–H groups in total. The Labute approximate surface area is 152 Å². The fourth-order valence-electron chi connectivity index (χ4n) is 2.89. The minimum absolute atomic E-state index is 0.161. The van der Waals surface area contributed by atoms with Gasteiger partial charge in [0.2, 0.25) is 10.0 Å². The summed E-state index contributed by atoms with van der Waals surface area (Å²) in [7, 11) is -3.58. The highest BCUT2D eigenvalue weighted by Gasteiger charge is 2.35. The predicted molar refractivity (Wildman–Crippen MR) is 98.5 cm³/mol. The Morgan fingerprint density at radius 1 is 0.962 bits per heavy atom. The molecule has 2 aromatic carbocycles. The lowest BCUT2D eigenvalue weighted by molar-refractivity contribution is 0.0664. The monoisotopic (exact) mass is 372 g/mol. The number of carbonyl (C=O) groups is 2. The summed E-state index contributed by atoms with van der Waals surface area (Å²) in [4.78, 5) is 25.7. The molecule has 7 heteroatoms. The van der Waals surface area contributed by atoms with Gasteiger partial charge in [-0.15, -0.1) is 0 Å². The van der Waals surface area contributed by atoms with Crippen molar-refractivity contribution in [2.24, 2.45) is 0 Å². The molecule has 0 bridgehead atoms. The van der Waals surface area contributed by atoms with Crippen LogP contribution in [0.3, 0.4) is 0 Å². The van der Waals surface area contributed by atoms with Gasteiger partial charge in [-0.1, -0.05) is 42.0 Å². The molecule has 3 rings (SSSR count). The summed E-state index contributed by atoms with van der Waals surface area (Å²) in [5.74, 6) is -1.19. The van der Waals surface area contributed by atoms with Crippen molar-refractivity contribution in [1.29, 1.82) is 0 Å². The molecule has 0 fully saturated rings. The highest BCUT2D eigenvalue weighted by molar-refractivity contribution is 7.89. The number of hydrogen-bond donors (Lipinski definition) is 1. The second-order valence-electron chi connectivity index (χ2n) is 6.26. The van der Waals surface area contributed by atoms with Crippen LogP contribution in [0.25, 0.3) is 0 Å². The first-order valence-electron chi connectivity index (χ1n) is 8.35. The first-order valence-corrected chi connectivity index (χ1v) is 10.0. The number of sulfonamides is 1. The number of carbonyl (C=O) groups excluding carboxylic acids is 2. The van der Waals surface area contributed by atoms with Gasteiger partial charge >= 0.3 is 0 Å². The molecule has 26 heavy (non-hydrogen) atoms. The van der Waals surface area contributed by atoms with Crippen molar-refractivity contribution < 1.29 is 18.0 Å². The van der Waals surface area contributed by atoms with E-state index in [9.17, 15) is 18.0 Å². The number of nitrogens with zero attached hydrogens (tertiary/aromatic N) is 1. The van der Waals surface area contributed by atoms with Gasteiger partial charge in [-0.3, -0.25) is 14.5 Å². The molecular weight excluding hydrogens is 352 g/mol. The zero-order chi connectivity index (χ0) is 18.7. The fraction of sp³-hybridized carbons (Fsp3) is 0.263. The van der Waals surface area contributed by atoms with Gasteiger partial charge in [0.05, 0.1) is 16.9 Å². The summed E-state index contributed by atoms with van der Waals surface area (Å²) in [5.41, 5.74) is 2.58. The number of fused-ring (bicyclic) bond motifs is 1. The molecule has 0 saturated carbocycles. The molecular formula is C19H20N2O4S. The van der Waals surface area contributed by atoms with Crippen LogP contribution < -0.4 is 4.72 Å². The summed E-state index contributed by atoms with van der Waals surface area (Å²) >= 11 is 0. The average molecular weight is 372 g/mol. The van der Waals surface area contributed by atoms with Crippen molar-refractivity contribution in [3.05, 3.63) is 70.8 Å². The molecule has 0 spiro atoms. The van der Waals surface area contributed by atoms with Crippen LogP contribution in [0.1, 0.15) is 31.8 Å². The Hall–Kier alpha value is -2.51. The molecule has 0 atom stereocenters. The molecule has 1 aliphatic rings. The van der Waals surface area contributed by atoms with Gasteiger partial charge in [0, 0.05) is 13.1 Å². The first kappa shape index (κ1) is 18.3. The third-order valence-electron chi connectivity index (χ3n) is 4.29. The van der Waals surface area contributed by atoms with E-state index in [1.165, 1.54) is 0 Å². The summed E-state index contributed by atoms with van der Waals surface area (Å²) < 4.78 is 26.8. The lowest BCUT2D eigenvalue weighted by atomic mass is 10.1. The lowest BCUT2D eigenvalue weighted by Gasteiger charge is -2.14. The lowest BCUT2D eigenvalue weighted by Crippen LogP contribution is -2.38. The Balaban J connectivity index is 1.56. The molecule has 2 aromatic rings. The predicted octanol–water partition coefficient (Wildman–Crippen LogP) is 1.75. The maximum Gasteiger partial charge on any atom is 0.261 e. The van der Waals surface area contributed by atoms with Gasteiger partial charge < -0.3 is 0 Å². The van der Waals surface area contributed by atoms with Crippen LogP contribution >= 0.6 is 0 Å². The number of nitrogens with one attached hydrogen (secondary N) is 1. The third-order valence-corrected chi connectivity index (χ3v) is 5.65. The molecule has 0 aromatic heterocycles. The minimum atomic E-state index is -3.58. The third kappa shape index (κ3) is 4.00. The molecule has 0 unspecified atom stereocenters. The van der Waals surface area contributed by atoms with Crippen LogP contribution in [0.2, 0.25) is 0 Å². The molecule has 1 heterocycles. The largest absolute Gasteiger partial charge is 0.273 e. The number of hydrogen-bond acceptors (Lipinski definition) is 4. The molecule has 0 saturated heterocycles. The standard InChI is InChI=1S/C19H20N2O4S/c1-14-7-8-16-17(13-14)19(23)21(18(16)22)11-12-26(24,25)20-10-9-15-5-3-2-4-6-15/h2-8,13,20H,9-12H2,1H3. The van der Waals surface area contributed by atoms with Gasteiger partial charge in [-0.05, 0) is 31.0 Å². The number of imide groups is 1.